The zero-order valence-electron chi connectivity index (χ0n) is 25.5. The van der Waals surface area contributed by atoms with Crippen molar-refractivity contribution >= 4 is 39.5 Å². The number of ether oxygens (including phenoxy) is 1. The van der Waals surface area contributed by atoms with Crippen LogP contribution in [0.5, 0.6) is 0 Å². The third-order valence-electron chi connectivity index (χ3n) is 6.19. The van der Waals surface area contributed by atoms with Gasteiger partial charge in [-0.2, -0.15) is 0 Å². The number of benzene rings is 3. The fraction of sp³-hybridized carbons (Fsp3) is 0.375. The number of sulfonamides is 1. The van der Waals surface area contributed by atoms with Crippen molar-refractivity contribution in [3.8, 4) is 11.1 Å². The molecule has 2 amide bonds. The highest BCUT2D eigenvalue weighted by Crippen LogP contribution is 2.32. The number of hydrogen-bond donors (Lipinski definition) is 3. The second-order valence-corrected chi connectivity index (χ2v) is 15.0. The normalized spacial score (nSPS) is 12.6. The summed E-state index contributed by atoms with van der Waals surface area (Å²) in [6, 6.07) is 20.1. The number of anilines is 1. The van der Waals surface area contributed by atoms with Gasteiger partial charge in [-0.15, -0.1) is 11.8 Å². The first-order chi connectivity index (χ1) is 20.0. The fourth-order valence-electron chi connectivity index (χ4n) is 4.21. The van der Waals surface area contributed by atoms with Crippen LogP contribution in [0.1, 0.15) is 62.2 Å². The molecule has 0 aliphatic carbocycles. The number of nitrogens with zero attached hydrogens (tertiary/aromatic N) is 1. The number of amides is 2. The summed E-state index contributed by atoms with van der Waals surface area (Å²) >= 11 is 1.48. The lowest BCUT2D eigenvalue weighted by molar-refractivity contribution is 0.0147. The maximum atomic E-state index is 13.0. The number of nitrogens with two attached hydrogens (primary N) is 1. The maximum Gasteiger partial charge on any atom is 0.410 e. The Morgan fingerprint density at radius 3 is 2.16 bits per heavy atom. The Morgan fingerprint density at radius 1 is 1.00 bits per heavy atom. The van der Waals surface area contributed by atoms with Gasteiger partial charge in [0.25, 0.3) is 5.91 Å². The summed E-state index contributed by atoms with van der Waals surface area (Å²) in [7, 11) is -3.69. The molecule has 0 bridgehead atoms. The van der Waals surface area contributed by atoms with Crippen LogP contribution in [0, 0.1) is 0 Å². The number of aliphatic hydroxyl groups excluding tert-OH is 1. The summed E-state index contributed by atoms with van der Waals surface area (Å²) in [6.07, 6.45) is 0.0717. The van der Waals surface area contributed by atoms with Crippen LogP contribution in [0.15, 0.2) is 71.6 Å². The van der Waals surface area contributed by atoms with Crippen LogP contribution in [-0.2, 0) is 21.2 Å². The number of hydrogen-bond acceptors (Lipinski definition) is 8. The molecule has 0 heterocycles. The largest absolute Gasteiger partial charge is 0.444 e. The van der Waals surface area contributed by atoms with Crippen molar-refractivity contribution in [2.45, 2.75) is 62.9 Å². The summed E-state index contributed by atoms with van der Waals surface area (Å²) in [5.74, 6) is -0.663. The molecule has 4 N–H and O–H groups in total. The smallest absolute Gasteiger partial charge is 0.410 e. The molecule has 0 unspecified atom stereocenters. The van der Waals surface area contributed by atoms with E-state index in [2.05, 4.69) is 0 Å². The highest BCUT2D eigenvalue weighted by atomic mass is 32.2. The number of carbonyl (C=O) groups is 2. The molecule has 3 rings (SSSR count). The highest BCUT2D eigenvalue weighted by molar-refractivity contribution is 8.00. The second kappa shape index (κ2) is 14.3. The Balaban J connectivity index is 1.77. The molecule has 0 saturated heterocycles. The molecule has 0 aromatic heterocycles. The van der Waals surface area contributed by atoms with Gasteiger partial charge in [0.1, 0.15) is 5.60 Å². The third kappa shape index (κ3) is 10.9. The third-order valence-corrected chi connectivity index (χ3v) is 7.81. The zero-order valence-corrected chi connectivity index (χ0v) is 27.1. The number of nitrogens with one attached hydrogen (secondary N) is 1. The molecule has 232 valence electrons. The van der Waals surface area contributed by atoms with Crippen LogP contribution in [0.4, 0.5) is 10.5 Å². The van der Waals surface area contributed by atoms with Crippen molar-refractivity contribution in [1.82, 2.24) is 9.62 Å². The van der Waals surface area contributed by atoms with Crippen LogP contribution < -0.4 is 10.5 Å². The van der Waals surface area contributed by atoms with Crippen LogP contribution in [-0.4, -0.2) is 60.6 Å². The molecule has 0 aliphatic rings. The van der Waals surface area contributed by atoms with Gasteiger partial charge in [0, 0.05) is 22.4 Å². The standard InChI is InChI=1S/C32H41N3O6S2/c1-21(2)42-29-19-25(13-16-27(29)30(37)34-43(6,39)40)23-9-7-22(8-10-23)17-18-35(31(38)41-32(3,4)5)20-28(36)24-11-14-26(33)15-12-24/h7-16,19,21,28,36H,17-18,20,33H2,1-6H3,(H,34,37)/t28-/m0/s1. The number of carbonyl (C=O) groups excluding carboxylic acids is 2. The van der Waals surface area contributed by atoms with Crippen LogP contribution in [0.2, 0.25) is 0 Å². The average Bonchev–Trinajstić information content (AvgIpc) is 2.89. The second-order valence-electron chi connectivity index (χ2n) is 11.6. The van der Waals surface area contributed by atoms with Gasteiger partial charge >= 0.3 is 6.09 Å². The Kier molecular flexibility index (Phi) is 11.3. The van der Waals surface area contributed by atoms with E-state index in [9.17, 15) is 23.1 Å². The Hall–Kier alpha value is -3.54. The van der Waals surface area contributed by atoms with Crippen molar-refractivity contribution in [3.05, 3.63) is 83.4 Å². The maximum absolute atomic E-state index is 13.0. The summed E-state index contributed by atoms with van der Waals surface area (Å²) in [5.41, 5.74) is 9.42. The van der Waals surface area contributed by atoms with E-state index in [0.29, 0.717) is 34.7 Å². The number of aliphatic hydroxyl groups is 1. The number of rotatable bonds is 11. The molecule has 3 aromatic carbocycles. The molecule has 0 fully saturated rings. The quantitative estimate of drug-likeness (QED) is 0.183. The van der Waals surface area contributed by atoms with Crippen LogP contribution in [0.3, 0.4) is 0 Å². The Labute approximate surface area is 258 Å². The molecular formula is C32H41N3O6S2. The molecule has 0 aliphatic heterocycles. The van der Waals surface area contributed by atoms with Gasteiger partial charge in [-0.25, -0.2) is 17.9 Å². The topological polar surface area (TPSA) is 139 Å². The molecule has 0 saturated carbocycles. The first-order valence-electron chi connectivity index (χ1n) is 13.9. The predicted molar refractivity (Wildman–Crippen MR) is 173 cm³/mol. The van der Waals surface area contributed by atoms with Crippen LogP contribution >= 0.6 is 11.8 Å². The molecule has 0 spiro atoms. The molecule has 1 atom stereocenters. The molecular weight excluding hydrogens is 587 g/mol. The highest BCUT2D eigenvalue weighted by Gasteiger charge is 2.25. The average molecular weight is 628 g/mol. The Morgan fingerprint density at radius 2 is 1.60 bits per heavy atom. The van der Waals surface area contributed by atoms with Gasteiger partial charge in [-0.05, 0) is 73.7 Å². The number of nitrogen functional groups attached to an aromatic ring is 1. The van der Waals surface area contributed by atoms with E-state index in [4.69, 9.17) is 10.5 Å². The lowest BCUT2D eigenvalue weighted by atomic mass is 10.0. The first kappa shape index (κ1) is 34.0. The number of thioether (sulfide) groups is 1. The van der Waals surface area contributed by atoms with Crippen molar-refractivity contribution < 1.29 is 27.9 Å². The van der Waals surface area contributed by atoms with E-state index in [1.54, 1.807) is 57.2 Å². The summed E-state index contributed by atoms with van der Waals surface area (Å²) in [5, 5.41) is 11.0. The zero-order chi connectivity index (χ0) is 31.9. The summed E-state index contributed by atoms with van der Waals surface area (Å²) < 4.78 is 30.9. The Bertz CT molecular complexity index is 1520. The van der Waals surface area contributed by atoms with E-state index < -0.39 is 33.7 Å². The van der Waals surface area contributed by atoms with Gasteiger partial charge in [0.2, 0.25) is 10.0 Å². The SMILES string of the molecule is CC(C)Sc1cc(-c2ccc(CCN(C[C@H](O)c3ccc(N)cc3)C(=O)OC(C)(C)C)cc2)ccc1C(=O)NS(C)(=O)=O. The minimum Gasteiger partial charge on any atom is -0.444 e. The van der Waals surface area contributed by atoms with Crippen molar-refractivity contribution in [2.24, 2.45) is 0 Å². The minimum atomic E-state index is -3.69. The van der Waals surface area contributed by atoms with E-state index >= 15 is 0 Å². The van der Waals surface area contributed by atoms with Gasteiger partial charge in [-0.3, -0.25) is 4.79 Å². The predicted octanol–water partition coefficient (Wildman–Crippen LogP) is 5.64. The van der Waals surface area contributed by atoms with Gasteiger partial charge in [-0.1, -0.05) is 56.3 Å². The van der Waals surface area contributed by atoms with E-state index in [1.807, 2.05) is 48.9 Å². The van der Waals surface area contributed by atoms with Crippen LogP contribution in [0.25, 0.3) is 11.1 Å². The monoisotopic (exact) mass is 627 g/mol. The van der Waals surface area contributed by atoms with E-state index in [0.717, 1.165) is 22.9 Å². The molecule has 11 heteroatoms. The lowest BCUT2D eigenvalue weighted by Gasteiger charge is -2.29. The minimum absolute atomic E-state index is 0.0620. The van der Waals surface area contributed by atoms with Gasteiger partial charge in [0.15, 0.2) is 0 Å². The molecule has 3 aromatic rings. The van der Waals surface area contributed by atoms with Crippen molar-refractivity contribution in [3.63, 3.8) is 0 Å². The fourth-order valence-corrected chi connectivity index (χ4v) is 5.65. The van der Waals surface area contributed by atoms with E-state index in [1.165, 1.54) is 16.7 Å². The summed E-state index contributed by atoms with van der Waals surface area (Å²) in [6.45, 7) is 9.79. The van der Waals surface area contributed by atoms with Gasteiger partial charge < -0.3 is 20.5 Å². The first-order valence-corrected chi connectivity index (χ1v) is 16.7. The van der Waals surface area contributed by atoms with Crippen molar-refractivity contribution in [2.75, 3.05) is 25.1 Å². The molecule has 0 radical (unpaired) electrons. The van der Waals surface area contributed by atoms with E-state index in [-0.39, 0.29) is 11.8 Å². The lowest BCUT2D eigenvalue weighted by Crippen LogP contribution is -2.40. The molecule has 9 nitrogen and oxygen atoms in total. The molecule has 43 heavy (non-hydrogen) atoms. The van der Waals surface area contributed by atoms with Crippen molar-refractivity contribution in [1.29, 1.82) is 0 Å². The van der Waals surface area contributed by atoms with Gasteiger partial charge in [0.05, 0.1) is 24.5 Å². The summed E-state index contributed by atoms with van der Waals surface area (Å²) in [4.78, 5) is 27.8.